The minimum atomic E-state index is -0.915. The number of hydrogen-bond donors (Lipinski definition) is 2. The molecule has 5 heteroatoms. The first-order valence-corrected chi connectivity index (χ1v) is 6.16. The van der Waals surface area contributed by atoms with Gasteiger partial charge in [0.05, 0.1) is 12.5 Å². The Morgan fingerprint density at radius 2 is 1.61 bits per heavy atom. The number of hydrogen-bond acceptors (Lipinski definition) is 3. The van der Waals surface area contributed by atoms with Crippen molar-refractivity contribution in [2.75, 3.05) is 6.54 Å². The summed E-state index contributed by atoms with van der Waals surface area (Å²) in [6, 6.07) is -0.634. The second-order valence-electron chi connectivity index (χ2n) is 6.65. The number of nitrogens with two attached hydrogens (primary N) is 1. The minimum Gasteiger partial charge on any atom is -0.481 e. The van der Waals surface area contributed by atoms with E-state index in [9.17, 15) is 9.59 Å². The van der Waals surface area contributed by atoms with Crippen LogP contribution in [0.3, 0.4) is 0 Å². The maximum atomic E-state index is 12.4. The van der Waals surface area contributed by atoms with Gasteiger partial charge in [-0.15, -0.1) is 0 Å². The molecule has 0 spiro atoms. The van der Waals surface area contributed by atoms with Crippen LogP contribution in [-0.4, -0.2) is 40.0 Å². The van der Waals surface area contributed by atoms with Gasteiger partial charge in [0.2, 0.25) is 5.91 Å². The number of aliphatic carboxylic acids is 1. The van der Waals surface area contributed by atoms with Gasteiger partial charge in [-0.1, -0.05) is 20.8 Å². The molecule has 0 bridgehead atoms. The number of rotatable bonds is 4. The van der Waals surface area contributed by atoms with Crippen LogP contribution in [0, 0.1) is 5.41 Å². The summed E-state index contributed by atoms with van der Waals surface area (Å²) in [5.74, 6) is -1.11. The van der Waals surface area contributed by atoms with Gasteiger partial charge < -0.3 is 15.7 Å². The third-order valence-electron chi connectivity index (χ3n) is 2.82. The van der Waals surface area contributed by atoms with Gasteiger partial charge in [0.1, 0.15) is 0 Å². The van der Waals surface area contributed by atoms with Crippen molar-refractivity contribution in [1.29, 1.82) is 0 Å². The summed E-state index contributed by atoms with van der Waals surface area (Å²) in [4.78, 5) is 24.6. The van der Waals surface area contributed by atoms with Crippen LogP contribution in [0.25, 0.3) is 0 Å². The van der Waals surface area contributed by atoms with E-state index in [1.54, 1.807) is 4.90 Å². The lowest BCUT2D eigenvalue weighted by Gasteiger charge is -2.39. The van der Waals surface area contributed by atoms with Crippen LogP contribution in [0.15, 0.2) is 0 Å². The zero-order valence-electron chi connectivity index (χ0n) is 12.3. The van der Waals surface area contributed by atoms with Crippen LogP contribution >= 0.6 is 0 Å². The summed E-state index contributed by atoms with van der Waals surface area (Å²) in [6.07, 6.45) is -0.0696. The van der Waals surface area contributed by atoms with Gasteiger partial charge in [0.15, 0.2) is 0 Å². The first-order chi connectivity index (χ1) is 7.87. The highest BCUT2D eigenvalue weighted by molar-refractivity contribution is 5.83. The van der Waals surface area contributed by atoms with Crippen molar-refractivity contribution in [2.24, 2.45) is 11.1 Å². The van der Waals surface area contributed by atoms with Crippen molar-refractivity contribution in [3.05, 3.63) is 0 Å². The molecular formula is C13H26N2O3. The maximum Gasteiger partial charge on any atom is 0.305 e. The smallest absolute Gasteiger partial charge is 0.305 e. The summed E-state index contributed by atoms with van der Waals surface area (Å²) >= 11 is 0. The van der Waals surface area contributed by atoms with Gasteiger partial charge in [0.25, 0.3) is 0 Å². The fraction of sp³-hybridized carbons (Fsp3) is 0.846. The Kier molecular flexibility index (Phi) is 5.35. The molecule has 5 nitrogen and oxygen atoms in total. The van der Waals surface area contributed by atoms with E-state index in [-0.39, 0.29) is 24.3 Å². The van der Waals surface area contributed by atoms with Gasteiger partial charge in [-0.05, 0) is 26.2 Å². The van der Waals surface area contributed by atoms with Crippen molar-refractivity contribution in [3.8, 4) is 0 Å². The summed E-state index contributed by atoms with van der Waals surface area (Å²) in [7, 11) is 0. The second-order valence-corrected chi connectivity index (χ2v) is 6.65. The van der Waals surface area contributed by atoms with E-state index in [4.69, 9.17) is 10.8 Å². The molecule has 0 unspecified atom stereocenters. The fourth-order valence-electron chi connectivity index (χ4n) is 1.52. The Balaban J connectivity index is 4.98. The molecule has 106 valence electrons. The Morgan fingerprint density at radius 3 is 1.89 bits per heavy atom. The van der Waals surface area contributed by atoms with Gasteiger partial charge in [-0.3, -0.25) is 9.59 Å². The molecule has 0 aromatic rings. The third kappa shape index (κ3) is 5.04. The lowest BCUT2D eigenvalue weighted by atomic mass is 9.85. The molecule has 0 rings (SSSR count). The van der Waals surface area contributed by atoms with Crippen LogP contribution in [-0.2, 0) is 9.59 Å². The molecule has 0 aliphatic carbocycles. The zero-order chi connectivity index (χ0) is 14.7. The molecule has 0 aromatic carbocycles. The van der Waals surface area contributed by atoms with Crippen molar-refractivity contribution < 1.29 is 14.7 Å². The third-order valence-corrected chi connectivity index (χ3v) is 2.82. The molecule has 18 heavy (non-hydrogen) atoms. The lowest BCUT2D eigenvalue weighted by Crippen LogP contribution is -2.56. The number of carboxylic acid groups (broad SMARTS) is 1. The second kappa shape index (κ2) is 5.69. The van der Waals surface area contributed by atoms with Crippen molar-refractivity contribution >= 4 is 11.9 Å². The lowest BCUT2D eigenvalue weighted by molar-refractivity contribution is -0.142. The largest absolute Gasteiger partial charge is 0.481 e. The number of carboxylic acids is 1. The average molecular weight is 258 g/mol. The first-order valence-electron chi connectivity index (χ1n) is 6.16. The van der Waals surface area contributed by atoms with Crippen molar-refractivity contribution in [1.82, 2.24) is 4.90 Å². The molecule has 3 N–H and O–H groups in total. The molecule has 0 aliphatic heterocycles. The first kappa shape index (κ1) is 16.9. The van der Waals surface area contributed by atoms with Crippen LogP contribution in [0.5, 0.6) is 0 Å². The molecule has 0 fully saturated rings. The van der Waals surface area contributed by atoms with Gasteiger partial charge in [-0.25, -0.2) is 0 Å². The fourth-order valence-corrected chi connectivity index (χ4v) is 1.52. The van der Waals surface area contributed by atoms with Crippen LogP contribution in [0.4, 0.5) is 0 Å². The van der Waals surface area contributed by atoms with E-state index < -0.39 is 17.6 Å². The van der Waals surface area contributed by atoms with Gasteiger partial charge in [0, 0.05) is 12.1 Å². The monoisotopic (exact) mass is 258 g/mol. The van der Waals surface area contributed by atoms with Gasteiger partial charge in [-0.2, -0.15) is 0 Å². The van der Waals surface area contributed by atoms with Crippen LogP contribution < -0.4 is 5.73 Å². The Labute approximate surface area is 109 Å². The van der Waals surface area contributed by atoms with E-state index in [1.165, 1.54) is 0 Å². The molecule has 0 heterocycles. The summed E-state index contributed by atoms with van der Waals surface area (Å²) < 4.78 is 0. The van der Waals surface area contributed by atoms with E-state index in [1.807, 2.05) is 41.5 Å². The molecule has 0 radical (unpaired) electrons. The zero-order valence-corrected chi connectivity index (χ0v) is 12.3. The van der Waals surface area contributed by atoms with Crippen molar-refractivity contribution in [2.45, 2.75) is 59.5 Å². The van der Waals surface area contributed by atoms with E-state index in [2.05, 4.69) is 0 Å². The topological polar surface area (TPSA) is 83.6 Å². The highest BCUT2D eigenvalue weighted by atomic mass is 16.4. The molecule has 1 atom stereocenters. The molecular weight excluding hydrogens is 232 g/mol. The highest BCUT2D eigenvalue weighted by Crippen LogP contribution is 2.23. The van der Waals surface area contributed by atoms with Crippen LogP contribution in [0.1, 0.15) is 48.0 Å². The Bertz CT molecular complexity index is 313. The molecule has 0 saturated carbocycles. The van der Waals surface area contributed by atoms with E-state index in [0.29, 0.717) is 0 Å². The molecule has 0 aliphatic rings. The predicted molar refractivity (Wildman–Crippen MR) is 71.1 cm³/mol. The quantitative estimate of drug-likeness (QED) is 0.799. The standard InChI is InChI=1S/C13H26N2O3/c1-12(2,3)10(14)11(18)15(13(4,5)6)8-7-9(16)17/h10H,7-8,14H2,1-6H3,(H,16,17)/t10-/m0/s1. The van der Waals surface area contributed by atoms with E-state index in [0.717, 1.165) is 0 Å². The molecule has 1 amide bonds. The molecule has 0 aromatic heterocycles. The van der Waals surface area contributed by atoms with Crippen molar-refractivity contribution in [3.63, 3.8) is 0 Å². The average Bonchev–Trinajstić information content (AvgIpc) is 2.12. The highest BCUT2D eigenvalue weighted by Gasteiger charge is 2.35. The normalized spacial score (nSPS) is 14.2. The van der Waals surface area contributed by atoms with Crippen LogP contribution in [0.2, 0.25) is 0 Å². The maximum absolute atomic E-state index is 12.4. The summed E-state index contributed by atoms with van der Waals surface area (Å²) in [6.45, 7) is 11.5. The number of nitrogens with zero attached hydrogens (tertiary/aromatic N) is 1. The summed E-state index contributed by atoms with van der Waals surface area (Å²) in [5.41, 5.74) is 5.18. The predicted octanol–water partition coefficient (Wildman–Crippen LogP) is 1.46. The number of amides is 1. The minimum absolute atomic E-state index is 0.0696. The Morgan fingerprint density at radius 1 is 1.17 bits per heavy atom. The van der Waals surface area contributed by atoms with E-state index >= 15 is 0 Å². The SMILES string of the molecule is CC(C)(C)[C@@H](N)C(=O)N(CCC(=O)O)C(C)(C)C. The van der Waals surface area contributed by atoms with Gasteiger partial charge >= 0.3 is 5.97 Å². The molecule has 0 saturated heterocycles. The summed E-state index contributed by atoms with van der Waals surface area (Å²) in [5, 5.41) is 8.74. The number of carbonyl (C=O) groups is 2. The number of carbonyl (C=O) groups excluding carboxylic acids is 1. The Hall–Kier alpha value is -1.10.